The van der Waals surface area contributed by atoms with Crippen LogP contribution < -0.4 is 5.32 Å². The molecule has 1 fully saturated rings. The molecule has 0 aliphatic heterocycles. The van der Waals surface area contributed by atoms with Gasteiger partial charge < -0.3 is 10.4 Å². The lowest BCUT2D eigenvalue weighted by atomic mass is 9.67. The van der Waals surface area contributed by atoms with Crippen LogP contribution in [-0.4, -0.2) is 27.2 Å². The zero-order valence-electron chi connectivity index (χ0n) is 13.8. The Hall–Kier alpha value is -2.37. The van der Waals surface area contributed by atoms with E-state index in [1.54, 1.807) is 13.1 Å². The predicted octanol–water partition coefficient (Wildman–Crippen LogP) is 3.56. The molecule has 1 aliphatic carbocycles. The summed E-state index contributed by atoms with van der Waals surface area (Å²) in [7, 11) is 0. The zero-order chi connectivity index (χ0) is 17.2. The molecule has 1 unspecified atom stereocenters. The molecule has 1 heterocycles. The first-order valence-corrected chi connectivity index (χ1v) is 8.45. The second-order valence-corrected chi connectivity index (χ2v) is 6.95. The lowest BCUT2D eigenvalue weighted by molar-refractivity contribution is -0.145. The third kappa shape index (κ3) is 3.27. The maximum absolute atomic E-state index is 12.9. The quantitative estimate of drug-likeness (QED) is 0.781. The number of H-pyrrole nitrogens is 1. The van der Waals surface area contributed by atoms with E-state index < -0.39 is 11.4 Å². The lowest BCUT2D eigenvalue weighted by Crippen LogP contribution is -2.42. The molecule has 0 saturated heterocycles. The summed E-state index contributed by atoms with van der Waals surface area (Å²) in [4.78, 5) is 24.3. The van der Waals surface area contributed by atoms with Gasteiger partial charge in [0.2, 0.25) is 5.91 Å². The number of amides is 1. The summed E-state index contributed by atoms with van der Waals surface area (Å²) < 4.78 is 0. The van der Waals surface area contributed by atoms with Crippen molar-refractivity contribution in [2.75, 3.05) is 5.32 Å². The van der Waals surface area contributed by atoms with Gasteiger partial charge >= 0.3 is 5.97 Å². The Morgan fingerprint density at radius 1 is 1.33 bits per heavy atom. The van der Waals surface area contributed by atoms with Gasteiger partial charge in [-0.2, -0.15) is 5.10 Å². The van der Waals surface area contributed by atoms with Crippen LogP contribution in [0.1, 0.15) is 45.4 Å². The number of aromatic amines is 1. The minimum atomic E-state index is -0.928. The molecular formula is C18H23N3O3. The van der Waals surface area contributed by atoms with E-state index in [0.717, 1.165) is 43.0 Å². The van der Waals surface area contributed by atoms with Gasteiger partial charge in [0.05, 0.1) is 23.5 Å². The molecule has 0 spiro atoms. The number of anilines is 1. The first kappa shape index (κ1) is 16.5. The monoisotopic (exact) mass is 329 g/mol. The largest absolute Gasteiger partial charge is 0.481 e. The smallest absolute Gasteiger partial charge is 0.304 e. The first-order chi connectivity index (χ1) is 11.5. The fourth-order valence-corrected chi connectivity index (χ4v) is 3.75. The molecule has 1 atom stereocenters. The molecule has 0 radical (unpaired) electrons. The summed E-state index contributed by atoms with van der Waals surface area (Å²) in [5.74, 6) is -1.03. The molecule has 2 aromatic rings. The van der Waals surface area contributed by atoms with Gasteiger partial charge in [0.1, 0.15) is 0 Å². The van der Waals surface area contributed by atoms with Crippen molar-refractivity contribution in [3.8, 4) is 0 Å². The number of hydrogen-bond acceptors (Lipinski definition) is 3. The minimum Gasteiger partial charge on any atom is -0.481 e. The molecule has 6 heteroatoms. The minimum absolute atomic E-state index is 0.109. The highest BCUT2D eigenvalue weighted by Crippen LogP contribution is 2.42. The Morgan fingerprint density at radius 2 is 2.08 bits per heavy atom. The number of carbonyl (C=O) groups is 2. The Bertz CT molecular complexity index is 749. The molecule has 1 saturated carbocycles. The normalized spacial score (nSPS) is 18.2. The number of nitrogens with zero attached hydrogens (tertiary/aromatic N) is 1. The van der Waals surface area contributed by atoms with E-state index in [0.29, 0.717) is 5.69 Å². The molecule has 6 nitrogen and oxygen atoms in total. The number of benzene rings is 1. The Kier molecular flexibility index (Phi) is 4.55. The number of nitrogens with one attached hydrogen (secondary N) is 2. The molecule has 0 bridgehead atoms. The summed E-state index contributed by atoms with van der Waals surface area (Å²) in [6.45, 7) is 1.79. The van der Waals surface area contributed by atoms with E-state index in [1.807, 2.05) is 18.2 Å². The summed E-state index contributed by atoms with van der Waals surface area (Å²) in [6, 6.07) is 5.52. The van der Waals surface area contributed by atoms with Gasteiger partial charge in [-0.3, -0.25) is 14.7 Å². The van der Waals surface area contributed by atoms with Gasteiger partial charge in [-0.15, -0.1) is 0 Å². The molecule has 1 aromatic heterocycles. The van der Waals surface area contributed by atoms with Crippen molar-refractivity contribution in [2.45, 2.75) is 45.4 Å². The molecule has 1 aliphatic rings. The number of aromatic nitrogens is 2. The molecule has 24 heavy (non-hydrogen) atoms. The maximum Gasteiger partial charge on any atom is 0.304 e. The van der Waals surface area contributed by atoms with Crippen LogP contribution in [0.4, 0.5) is 5.69 Å². The van der Waals surface area contributed by atoms with E-state index in [2.05, 4.69) is 15.5 Å². The first-order valence-electron chi connectivity index (χ1n) is 8.45. The van der Waals surface area contributed by atoms with Crippen LogP contribution in [0, 0.1) is 11.3 Å². The van der Waals surface area contributed by atoms with Crippen molar-refractivity contribution in [1.82, 2.24) is 10.2 Å². The summed E-state index contributed by atoms with van der Waals surface area (Å²) >= 11 is 0. The Morgan fingerprint density at radius 3 is 2.79 bits per heavy atom. The second-order valence-electron chi connectivity index (χ2n) is 6.95. The number of carboxylic acid groups (broad SMARTS) is 1. The SMILES string of the molecule is CC(CC(=O)O)(C(=O)Nc1ccc2cn[nH]c2c1)C1CCCCC1. The van der Waals surface area contributed by atoms with Crippen LogP contribution >= 0.6 is 0 Å². The van der Waals surface area contributed by atoms with Gasteiger partial charge in [-0.05, 0) is 43.9 Å². The van der Waals surface area contributed by atoms with Crippen LogP contribution in [0.2, 0.25) is 0 Å². The second kappa shape index (κ2) is 6.63. The molecular weight excluding hydrogens is 306 g/mol. The third-order valence-electron chi connectivity index (χ3n) is 5.24. The Labute approximate surface area is 140 Å². The van der Waals surface area contributed by atoms with Crippen molar-refractivity contribution in [2.24, 2.45) is 11.3 Å². The number of rotatable bonds is 5. The van der Waals surface area contributed by atoms with Crippen LogP contribution in [0.3, 0.4) is 0 Å². The number of carbonyl (C=O) groups excluding carboxylic acids is 1. The van der Waals surface area contributed by atoms with Crippen molar-refractivity contribution in [1.29, 1.82) is 0 Å². The van der Waals surface area contributed by atoms with Crippen LogP contribution in [0.5, 0.6) is 0 Å². The summed E-state index contributed by atoms with van der Waals surface area (Å²) in [5.41, 5.74) is 0.601. The van der Waals surface area contributed by atoms with Crippen LogP contribution in [0.15, 0.2) is 24.4 Å². The van der Waals surface area contributed by atoms with Gasteiger partial charge in [0.15, 0.2) is 0 Å². The lowest BCUT2D eigenvalue weighted by Gasteiger charge is -2.37. The van der Waals surface area contributed by atoms with E-state index in [1.165, 1.54) is 0 Å². The van der Waals surface area contributed by atoms with Crippen LogP contribution in [0.25, 0.3) is 10.9 Å². The van der Waals surface area contributed by atoms with Gasteiger partial charge in [0, 0.05) is 11.1 Å². The highest BCUT2D eigenvalue weighted by Gasteiger charge is 2.43. The van der Waals surface area contributed by atoms with E-state index >= 15 is 0 Å². The van der Waals surface area contributed by atoms with Gasteiger partial charge in [-0.25, -0.2) is 0 Å². The highest BCUT2D eigenvalue weighted by molar-refractivity contribution is 5.98. The fourth-order valence-electron chi connectivity index (χ4n) is 3.75. The molecule has 3 rings (SSSR count). The summed E-state index contributed by atoms with van der Waals surface area (Å²) in [6.07, 6.45) is 6.69. The summed E-state index contributed by atoms with van der Waals surface area (Å²) in [5, 5.41) is 20.0. The number of carboxylic acids is 1. The number of fused-ring (bicyclic) bond motifs is 1. The predicted molar refractivity (Wildman–Crippen MR) is 91.7 cm³/mol. The van der Waals surface area contributed by atoms with Gasteiger partial charge in [0.25, 0.3) is 0 Å². The topological polar surface area (TPSA) is 95.1 Å². The average molecular weight is 329 g/mol. The molecule has 1 aromatic carbocycles. The fraction of sp³-hybridized carbons (Fsp3) is 0.500. The van der Waals surface area contributed by atoms with Crippen molar-refractivity contribution < 1.29 is 14.7 Å². The van der Waals surface area contributed by atoms with Crippen molar-refractivity contribution in [3.63, 3.8) is 0 Å². The molecule has 3 N–H and O–H groups in total. The zero-order valence-corrected chi connectivity index (χ0v) is 13.8. The third-order valence-corrected chi connectivity index (χ3v) is 5.24. The average Bonchev–Trinajstić information content (AvgIpc) is 3.02. The van der Waals surface area contributed by atoms with Crippen LogP contribution in [-0.2, 0) is 9.59 Å². The van der Waals surface area contributed by atoms with E-state index in [-0.39, 0.29) is 18.2 Å². The molecule has 128 valence electrons. The molecule has 1 amide bonds. The standard InChI is InChI=1S/C18H23N3O3/c1-18(10-16(22)23,13-5-3-2-4-6-13)17(24)20-14-8-7-12-11-19-21-15(12)9-14/h7-9,11,13H,2-6,10H2,1H3,(H,19,21)(H,20,24)(H,22,23). The van der Waals surface area contributed by atoms with E-state index in [4.69, 9.17) is 0 Å². The van der Waals surface area contributed by atoms with Crippen molar-refractivity contribution >= 4 is 28.5 Å². The number of aliphatic carboxylic acids is 1. The maximum atomic E-state index is 12.9. The van der Waals surface area contributed by atoms with Gasteiger partial charge in [-0.1, -0.05) is 19.3 Å². The highest BCUT2D eigenvalue weighted by atomic mass is 16.4. The number of hydrogen-bond donors (Lipinski definition) is 3. The van der Waals surface area contributed by atoms with Crippen molar-refractivity contribution in [3.05, 3.63) is 24.4 Å². The van der Waals surface area contributed by atoms with E-state index in [9.17, 15) is 14.7 Å². The Balaban J connectivity index is 1.82.